The van der Waals surface area contributed by atoms with Crippen LogP contribution in [0, 0.1) is 5.92 Å². The molecule has 3 atom stereocenters. The number of rotatable bonds is 5. The molecule has 0 amide bonds. The van der Waals surface area contributed by atoms with Crippen LogP contribution in [0.15, 0.2) is 18.2 Å². The summed E-state index contributed by atoms with van der Waals surface area (Å²) in [5, 5.41) is 0. The summed E-state index contributed by atoms with van der Waals surface area (Å²) in [6, 6.07) is 6.42. The van der Waals surface area contributed by atoms with Crippen molar-refractivity contribution in [1.29, 1.82) is 0 Å². The maximum Gasteiger partial charge on any atom is 0.161 e. The first-order valence-corrected chi connectivity index (χ1v) is 8.12. The quantitative estimate of drug-likeness (QED) is 0.726. The summed E-state index contributed by atoms with van der Waals surface area (Å²) in [6.45, 7) is 7.68. The standard InChI is InChI=1S/C16H23BrO2/c1-4-18-15-9-6-12(10-16(15)19-5-2)13-7-8-14(17)11(13)3/h6,9-11,13-14H,4-5,7-8H2,1-3H3. The van der Waals surface area contributed by atoms with Gasteiger partial charge in [-0.05, 0) is 56.2 Å². The molecule has 1 aromatic rings. The van der Waals surface area contributed by atoms with E-state index in [0.29, 0.717) is 29.9 Å². The summed E-state index contributed by atoms with van der Waals surface area (Å²) in [5.41, 5.74) is 1.38. The van der Waals surface area contributed by atoms with Crippen LogP contribution >= 0.6 is 15.9 Å². The summed E-state index contributed by atoms with van der Waals surface area (Å²) < 4.78 is 11.3. The molecule has 1 aliphatic carbocycles. The van der Waals surface area contributed by atoms with Crippen LogP contribution in [0.1, 0.15) is 45.1 Å². The monoisotopic (exact) mass is 326 g/mol. The Morgan fingerprint density at radius 3 is 2.37 bits per heavy atom. The summed E-state index contributed by atoms with van der Waals surface area (Å²) in [5.74, 6) is 3.04. The first-order valence-electron chi connectivity index (χ1n) is 7.21. The highest BCUT2D eigenvalue weighted by atomic mass is 79.9. The minimum atomic E-state index is 0.624. The predicted molar refractivity (Wildman–Crippen MR) is 82.6 cm³/mol. The second kappa shape index (κ2) is 6.65. The number of halogens is 1. The maximum atomic E-state index is 5.72. The average Bonchev–Trinajstić information content (AvgIpc) is 2.73. The third kappa shape index (κ3) is 3.25. The zero-order valence-electron chi connectivity index (χ0n) is 12.0. The van der Waals surface area contributed by atoms with Crippen LogP contribution < -0.4 is 9.47 Å². The molecule has 2 rings (SSSR count). The smallest absolute Gasteiger partial charge is 0.161 e. The van der Waals surface area contributed by atoms with Crippen molar-refractivity contribution < 1.29 is 9.47 Å². The molecular weight excluding hydrogens is 304 g/mol. The first-order chi connectivity index (χ1) is 9.17. The molecule has 1 aromatic carbocycles. The normalized spacial score (nSPS) is 26.4. The van der Waals surface area contributed by atoms with E-state index in [2.05, 4.69) is 41.1 Å². The van der Waals surface area contributed by atoms with Crippen molar-refractivity contribution in [1.82, 2.24) is 0 Å². The first kappa shape index (κ1) is 14.7. The lowest BCUT2D eigenvalue weighted by atomic mass is 9.90. The fourth-order valence-electron chi connectivity index (χ4n) is 2.89. The molecule has 0 spiro atoms. The minimum Gasteiger partial charge on any atom is -0.490 e. The van der Waals surface area contributed by atoms with Gasteiger partial charge in [0.15, 0.2) is 11.5 Å². The largest absolute Gasteiger partial charge is 0.490 e. The van der Waals surface area contributed by atoms with Gasteiger partial charge in [-0.15, -0.1) is 0 Å². The van der Waals surface area contributed by atoms with E-state index in [1.54, 1.807) is 0 Å². The zero-order valence-corrected chi connectivity index (χ0v) is 13.6. The minimum absolute atomic E-state index is 0.624. The van der Waals surface area contributed by atoms with Gasteiger partial charge in [0.25, 0.3) is 0 Å². The van der Waals surface area contributed by atoms with Gasteiger partial charge in [-0.25, -0.2) is 0 Å². The van der Waals surface area contributed by atoms with E-state index < -0.39 is 0 Å². The Labute approximate surface area is 124 Å². The summed E-state index contributed by atoms with van der Waals surface area (Å²) in [7, 11) is 0. The number of hydrogen-bond donors (Lipinski definition) is 0. The van der Waals surface area contributed by atoms with Crippen molar-refractivity contribution in [2.75, 3.05) is 13.2 Å². The van der Waals surface area contributed by atoms with E-state index in [0.717, 1.165) is 11.5 Å². The fraction of sp³-hybridized carbons (Fsp3) is 0.625. The maximum absolute atomic E-state index is 5.72. The highest BCUT2D eigenvalue weighted by Gasteiger charge is 2.32. The van der Waals surface area contributed by atoms with E-state index in [9.17, 15) is 0 Å². The molecule has 0 aromatic heterocycles. The average molecular weight is 327 g/mol. The van der Waals surface area contributed by atoms with Crippen LogP contribution in [0.2, 0.25) is 0 Å². The lowest BCUT2D eigenvalue weighted by Gasteiger charge is -2.20. The molecule has 0 N–H and O–H groups in total. The van der Waals surface area contributed by atoms with Crippen LogP contribution in [0.3, 0.4) is 0 Å². The van der Waals surface area contributed by atoms with Gasteiger partial charge in [0.2, 0.25) is 0 Å². The summed E-state index contributed by atoms with van der Waals surface area (Å²) in [4.78, 5) is 0.639. The molecule has 19 heavy (non-hydrogen) atoms. The van der Waals surface area contributed by atoms with Gasteiger partial charge >= 0.3 is 0 Å². The molecule has 1 fully saturated rings. The van der Waals surface area contributed by atoms with Crippen LogP contribution in [-0.2, 0) is 0 Å². The highest BCUT2D eigenvalue weighted by Crippen LogP contribution is 2.44. The van der Waals surface area contributed by atoms with Crippen molar-refractivity contribution >= 4 is 15.9 Å². The summed E-state index contributed by atoms with van der Waals surface area (Å²) >= 11 is 3.77. The Morgan fingerprint density at radius 1 is 1.11 bits per heavy atom. The third-order valence-electron chi connectivity index (χ3n) is 3.95. The van der Waals surface area contributed by atoms with E-state index >= 15 is 0 Å². The van der Waals surface area contributed by atoms with E-state index in [1.165, 1.54) is 18.4 Å². The van der Waals surface area contributed by atoms with Crippen molar-refractivity contribution in [3.8, 4) is 11.5 Å². The molecule has 1 aliphatic rings. The Morgan fingerprint density at radius 2 is 1.79 bits per heavy atom. The van der Waals surface area contributed by atoms with Gasteiger partial charge in [-0.1, -0.05) is 28.9 Å². The second-order valence-electron chi connectivity index (χ2n) is 5.13. The van der Waals surface area contributed by atoms with E-state index in [-0.39, 0.29) is 0 Å². The molecular formula is C16H23BrO2. The summed E-state index contributed by atoms with van der Waals surface area (Å²) in [6.07, 6.45) is 2.50. The van der Waals surface area contributed by atoms with Crippen molar-refractivity contribution in [3.05, 3.63) is 23.8 Å². The number of hydrogen-bond acceptors (Lipinski definition) is 2. The van der Waals surface area contributed by atoms with Gasteiger partial charge in [0.1, 0.15) is 0 Å². The zero-order chi connectivity index (χ0) is 13.8. The van der Waals surface area contributed by atoms with Gasteiger partial charge in [0.05, 0.1) is 13.2 Å². The van der Waals surface area contributed by atoms with Crippen LogP contribution in [0.5, 0.6) is 11.5 Å². The molecule has 0 radical (unpaired) electrons. The van der Waals surface area contributed by atoms with Gasteiger partial charge in [-0.2, -0.15) is 0 Å². The lowest BCUT2D eigenvalue weighted by Crippen LogP contribution is -2.09. The molecule has 0 bridgehead atoms. The van der Waals surface area contributed by atoms with E-state index in [1.807, 2.05) is 13.8 Å². The Balaban J connectivity index is 2.24. The molecule has 0 saturated heterocycles. The Kier molecular flexibility index (Phi) is 5.14. The van der Waals surface area contributed by atoms with Crippen molar-refractivity contribution in [2.24, 2.45) is 5.92 Å². The number of alkyl halides is 1. The fourth-order valence-corrected chi connectivity index (χ4v) is 3.52. The molecule has 1 saturated carbocycles. The van der Waals surface area contributed by atoms with Gasteiger partial charge in [0, 0.05) is 4.83 Å². The third-order valence-corrected chi connectivity index (χ3v) is 5.25. The molecule has 0 heterocycles. The molecule has 3 heteroatoms. The number of benzene rings is 1. The van der Waals surface area contributed by atoms with Gasteiger partial charge < -0.3 is 9.47 Å². The molecule has 3 unspecified atom stereocenters. The molecule has 2 nitrogen and oxygen atoms in total. The Bertz CT molecular complexity index is 419. The van der Waals surface area contributed by atoms with Crippen LogP contribution in [0.25, 0.3) is 0 Å². The SMILES string of the molecule is CCOc1ccc(C2CCC(Br)C2C)cc1OCC. The van der Waals surface area contributed by atoms with Crippen LogP contribution in [-0.4, -0.2) is 18.0 Å². The predicted octanol–water partition coefficient (Wildman–Crippen LogP) is 4.76. The molecule has 106 valence electrons. The van der Waals surface area contributed by atoms with Crippen molar-refractivity contribution in [2.45, 2.75) is 44.4 Å². The Hall–Kier alpha value is -0.700. The van der Waals surface area contributed by atoms with Crippen molar-refractivity contribution in [3.63, 3.8) is 0 Å². The van der Waals surface area contributed by atoms with Gasteiger partial charge in [-0.3, -0.25) is 0 Å². The van der Waals surface area contributed by atoms with Crippen LogP contribution in [0.4, 0.5) is 0 Å². The molecule has 0 aliphatic heterocycles. The number of ether oxygens (including phenoxy) is 2. The van der Waals surface area contributed by atoms with E-state index in [4.69, 9.17) is 9.47 Å². The topological polar surface area (TPSA) is 18.5 Å². The highest BCUT2D eigenvalue weighted by molar-refractivity contribution is 9.09. The second-order valence-corrected chi connectivity index (χ2v) is 6.31. The lowest BCUT2D eigenvalue weighted by molar-refractivity contribution is 0.287.